The van der Waals surface area contributed by atoms with Gasteiger partial charge < -0.3 is 19.5 Å². The van der Waals surface area contributed by atoms with Gasteiger partial charge in [-0.25, -0.2) is 4.79 Å². The quantitative estimate of drug-likeness (QED) is 0.927. The van der Waals surface area contributed by atoms with Crippen LogP contribution in [0.4, 0.5) is 4.79 Å². The summed E-state index contributed by atoms with van der Waals surface area (Å²) in [5.74, 6) is -0.635. The molecule has 1 fully saturated rings. The number of nitrogens with one attached hydrogen (secondary N) is 1. The average molecular weight is 293 g/mol. The maximum absolute atomic E-state index is 11.8. The standard InChI is InChI=1S/C16H23NO4/c1-12-16(4,21-15(2,3)20-12)11-17-14(18)19-10-13-8-6-5-7-9-13/h5-9,12H,10-11H2,1-4H3,(H,17,18)/t12-,16+/m1/s1. The molecule has 116 valence electrons. The SMILES string of the molecule is C[C@H]1OC(C)(C)O[C@@]1(C)CNC(=O)OCc1ccccc1. The van der Waals surface area contributed by atoms with E-state index in [1.54, 1.807) is 0 Å². The van der Waals surface area contributed by atoms with Crippen molar-refractivity contribution in [2.24, 2.45) is 0 Å². The number of benzene rings is 1. The number of carbonyl (C=O) groups excluding carboxylic acids is 1. The zero-order chi connectivity index (χ0) is 15.5. The molecule has 0 saturated carbocycles. The Bertz CT molecular complexity index is 488. The number of hydrogen-bond acceptors (Lipinski definition) is 4. The summed E-state index contributed by atoms with van der Waals surface area (Å²) in [5, 5.41) is 2.74. The molecule has 5 nitrogen and oxygen atoms in total. The lowest BCUT2D eigenvalue weighted by Gasteiger charge is -2.27. The molecule has 0 spiro atoms. The van der Waals surface area contributed by atoms with Crippen molar-refractivity contribution in [1.29, 1.82) is 0 Å². The van der Waals surface area contributed by atoms with Crippen LogP contribution in [0.2, 0.25) is 0 Å². The minimum absolute atomic E-state index is 0.109. The van der Waals surface area contributed by atoms with Gasteiger partial charge in [0.15, 0.2) is 5.79 Å². The normalized spacial score (nSPS) is 27.3. The Morgan fingerprint density at radius 1 is 1.29 bits per heavy atom. The smallest absolute Gasteiger partial charge is 0.407 e. The maximum atomic E-state index is 11.8. The monoisotopic (exact) mass is 293 g/mol. The first-order valence-corrected chi connectivity index (χ1v) is 7.13. The molecule has 1 N–H and O–H groups in total. The van der Waals surface area contributed by atoms with Crippen molar-refractivity contribution in [3.63, 3.8) is 0 Å². The van der Waals surface area contributed by atoms with Crippen molar-refractivity contribution in [3.8, 4) is 0 Å². The average Bonchev–Trinajstić information content (AvgIpc) is 2.64. The molecule has 1 saturated heterocycles. The van der Waals surface area contributed by atoms with Gasteiger partial charge in [0, 0.05) is 0 Å². The second kappa shape index (κ2) is 6.03. The molecule has 21 heavy (non-hydrogen) atoms. The zero-order valence-corrected chi connectivity index (χ0v) is 13.0. The van der Waals surface area contributed by atoms with Gasteiger partial charge in [0.2, 0.25) is 0 Å². The van der Waals surface area contributed by atoms with Crippen molar-refractivity contribution < 1.29 is 19.0 Å². The van der Waals surface area contributed by atoms with E-state index in [1.807, 2.05) is 58.0 Å². The third kappa shape index (κ3) is 4.19. The summed E-state index contributed by atoms with van der Waals surface area (Å²) in [5.41, 5.74) is 0.392. The van der Waals surface area contributed by atoms with Crippen molar-refractivity contribution in [2.75, 3.05) is 6.54 Å². The van der Waals surface area contributed by atoms with Crippen LogP contribution in [0.15, 0.2) is 30.3 Å². The highest BCUT2D eigenvalue weighted by atomic mass is 16.8. The van der Waals surface area contributed by atoms with E-state index < -0.39 is 17.5 Å². The molecule has 1 aliphatic heterocycles. The van der Waals surface area contributed by atoms with Crippen molar-refractivity contribution in [1.82, 2.24) is 5.32 Å². The van der Waals surface area contributed by atoms with Crippen molar-refractivity contribution >= 4 is 6.09 Å². The van der Waals surface area contributed by atoms with Gasteiger partial charge in [-0.3, -0.25) is 0 Å². The van der Waals surface area contributed by atoms with E-state index in [1.165, 1.54) is 0 Å². The van der Waals surface area contributed by atoms with Gasteiger partial charge in [0.25, 0.3) is 0 Å². The van der Waals surface area contributed by atoms with E-state index in [0.717, 1.165) is 5.56 Å². The van der Waals surface area contributed by atoms with Gasteiger partial charge in [0.05, 0.1) is 12.6 Å². The molecule has 0 radical (unpaired) electrons. The minimum Gasteiger partial charge on any atom is -0.445 e. The summed E-state index contributed by atoms with van der Waals surface area (Å²) in [6.07, 6.45) is -0.567. The third-order valence-corrected chi connectivity index (χ3v) is 3.60. The summed E-state index contributed by atoms with van der Waals surface area (Å²) in [7, 11) is 0. The van der Waals surface area contributed by atoms with Crippen LogP contribution < -0.4 is 5.32 Å². The van der Waals surface area contributed by atoms with Crippen LogP contribution in [0.25, 0.3) is 0 Å². The summed E-state index contributed by atoms with van der Waals surface area (Å²) < 4.78 is 16.8. The van der Waals surface area contributed by atoms with Gasteiger partial charge in [-0.15, -0.1) is 0 Å². The number of alkyl carbamates (subject to hydrolysis) is 1. The minimum atomic E-state index is -0.635. The third-order valence-electron chi connectivity index (χ3n) is 3.60. The van der Waals surface area contributed by atoms with Crippen LogP contribution >= 0.6 is 0 Å². The predicted molar refractivity (Wildman–Crippen MR) is 78.7 cm³/mol. The highest BCUT2D eigenvalue weighted by Gasteiger charge is 2.47. The first kappa shape index (κ1) is 15.8. The van der Waals surface area contributed by atoms with E-state index >= 15 is 0 Å². The molecule has 1 aromatic carbocycles. The van der Waals surface area contributed by atoms with Crippen LogP contribution in [0, 0.1) is 0 Å². The van der Waals surface area contributed by atoms with Crippen LogP contribution in [-0.2, 0) is 20.8 Å². The first-order chi connectivity index (χ1) is 9.81. The summed E-state index contributed by atoms with van der Waals surface area (Å²) in [6.45, 7) is 8.17. The molecule has 1 heterocycles. The largest absolute Gasteiger partial charge is 0.445 e. The van der Waals surface area contributed by atoms with Gasteiger partial charge in [-0.1, -0.05) is 30.3 Å². The molecule has 0 bridgehead atoms. The Balaban J connectivity index is 1.79. The van der Waals surface area contributed by atoms with E-state index in [9.17, 15) is 4.79 Å². The van der Waals surface area contributed by atoms with Gasteiger partial charge in [-0.05, 0) is 33.3 Å². The van der Waals surface area contributed by atoms with Crippen molar-refractivity contribution in [3.05, 3.63) is 35.9 Å². The summed E-state index contributed by atoms with van der Waals surface area (Å²) >= 11 is 0. The Hall–Kier alpha value is -1.59. The van der Waals surface area contributed by atoms with E-state index in [2.05, 4.69) is 5.32 Å². The Morgan fingerprint density at radius 3 is 2.52 bits per heavy atom. The maximum Gasteiger partial charge on any atom is 0.407 e. The van der Waals surface area contributed by atoms with Crippen LogP contribution in [0.1, 0.15) is 33.3 Å². The molecule has 1 amide bonds. The lowest BCUT2D eigenvalue weighted by molar-refractivity contribution is -0.158. The second-order valence-electron chi connectivity index (χ2n) is 5.99. The molecule has 5 heteroatoms. The molecular weight excluding hydrogens is 270 g/mol. The lowest BCUT2D eigenvalue weighted by Crippen LogP contribution is -2.47. The van der Waals surface area contributed by atoms with E-state index in [-0.39, 0.29) is 12.7 Å². The van der Waals surface area contributed by atoms with E-state index in [0.29, 0.717) is 6.54 Å². The van der Waals surface area contributed by atoms with Gasteiger partial charge >= 0.3 is 6.09 Å². The number of hydrogen-bond donors (Lipinski definition) is 1. The molecule has 0 aliphatic carbocycles. The molecule has 2 atom stereocenters. The van der Waals surface area contributed by atoms with E-state index in [4.69, 9.17) is 14.2 Å². The molecule has 1 aromatic rings. The predicted octanol–water partition coefficient (Wildman–Crippen LogP) is 2.84. The number of carbonyl (C=O) groups is 1. The van der Waals surface area contributed by atoms with Gasteiger partial charge in [0.1, 0.15) is 12.2 Å². The number of rotatable bonds is 4. The molecule has 0 unspecified atom stereocenters. The zero-order valence-electron chi connectivity index (χ0n) is 13.0. The fraction of sp³-hybridized carbons (Fsp3) is 0.562. The summed E-state index contributed by atoms with van der Waals surface area (Å²) in [6, 6.07) is 9.56. The fourth-order valence-electron chi connectivity index (χ4n) is 2.42. The Labute approximate surface area is 125 Å². The van der Waals surface area contributed by atoms with Gasteiger partial charge in [-0.2, -0.15) is 0 Å². The first-order valence-electron chi connectivity index (χ1n) is 7.13. The topological polar surface area (TPSA) is 56.8 Å². The van der Waals surface area contributed by atoms with Crippen molar-refractivity contribution in [2.45, 2.75) is 51.8 Å². The number of amides is 1. The molecule has 0 aromatic heterocycles. The Kier molecular flexibility index (Phi) is 4.54. The molecule has 2 rings (SSSR count). The van der Waals surface area contributed by atoms with Crippen LogP contribution in [0.3, 0.4) is 0 Å². The number of ether oxygens (including phenoxy) is 3. The highest BCUT2D eigenvalue weighted by Crippen LogP contribution is 2.35. The molecular formula is C16H23NO4. The molecule has 1 aliphatic rings. The lowest BCUT2D eigenvalue weighted by atomic mass is 10.0. The summed E-state index contributed by atoms with van der Waals surface area (Å²) in [4.78, 5) is 11.8. The van der Waals surface area contributed by atoms with Crippen LogP contribution in [-0.4, -0.2) is 30.1 Å². The Morgan fingerprint density at radius 2 is 1.95 bits per heavy atom. The van der Waals surface area contributed by atoms with Crippen LogP contribution in [0.5, 0.6) is 0 Å². The highest BCUT2D eigenvalue weighted by molar-refractivity contribution is 5.67. The second-order valence-corrected chi connectivity index (χ2v) is 5.99. The fourth-order valence-corrected chi connectivity index (χ4v) is 2.42.